The quantitative estimate of drug-likeness (QED) is 0.900. The average molecular weight is 282 g/mol. The van der Waals surface area contributed by atoms with Crippen LogP contribution in [0.3, 0.4) is 0 Å². The molecule has 0 aliphatic heterocycles. The lowest BCUT2D eigenvalue weighted by atomic mass is 10.1. The second-order valence-corrected chi connectivity index (χ2v) is 7.07. The molecule has 1 aromatic heterocycles. The van der Waals surface area contributed by atoms with Crippen LogP contribution in [-0.4, -0.2) is 35.3 Å². The minimum atomic E-state index is -2.98. The van der Waals surface area contributed by atoms with Gasteiger partial charge in [0.05, 0.1) is 17.3 Å². The third-order valence-electron chi connectivity index (χ3n) is 3.09. The molecular formula is C13H18N2O3S. The van der Waals surface area contributed by atoms with Crippen LogP contribution in [0.2, 0.25) is 0 Å². The van der Waals surface area contributed by atoms with Gasteiger partial charge < -0.3 is 5.11 Å². The lowest BCUT2D eigenvalue weighted by Gasteiger charge is -2.07. The minimum absolute atomic E-state index is 0.0921. The van der Waals surface area contributed by atoms with Gasteiger partial charge in [0.25, 0.3) is 0 Å². The zero-order chi connectivity index (χ0) is 14.0. The maximum absolute atomic E-state index is 11.1. The SMILES string of the molecule is Cn1nc(C(O)CCCS(C)(=O)=O)c2ccccc21. The summed E-state index contributed by atoms with van der Waals surface area (Å²) < 4.78 is 23.9. The number of para-hydroxylation sites is 1. The van der Waals surface area contributed by atoms with Crippen LogP contribution in [0.4, 0.5) is 0 Å². The van der Waals surface area contributed by atoms with Gasteiger partial charge in [0, 0.05) is 24.4 Å². The van der Waals surface area contributed by atoms with Crippen LogP contribution in [0.25, 0.3) is 10.9 Å². The Kier molecular flexibility index (Phi) is 3.91. The zero-order valence-electron chi connectivity index (χ0n) is 11.1. The van der Waals surface area contributed by atoms with E-state index in [4.69, 9.17) is 0 Å². The van der Waals surface area contributed by atoms with Crippen molar-refractivity contribution in [1.29, 1.82) is 0 Å². The molecule has 19 heavy (non-hydrogen) atoms. The lowest BCUT2D eigenvalue weighted by molar-refractivity contribution is 0.162. The highest BCUT2D eigenvalue weighted by Gasteiger charge is 2.16. The van der Waals surface area contributed by atoms with Crippen molar-refractivity contribution in [2.24, 2.45) is 7.05 Å². The molecule has 0 spiro atoms. The molecular weight excluding hydrogens is 264 g/mol. The molecule has 6 heteroatoms. The van der Waals surface area contributed by atoms with Gasteiger partial charge in [-0.1, -0.05) is 18.2 Å². The molecule has 1 unspecified atom stereocenters. The molecule has 0 bridgehead atoms. The molecule has 104 valence electrons. The fourth-order valence-corrected chi connectivity index (χ4v) is 2.85. The fourth-order valence-electron chi connectivity index (χ4n) is 2.16. The van der Waals surface area contributed by atoms with Gasteiger partial charge in [0.15, 0.2) is 0 Å². The van der Waals surface area contributed by atoms with Crippen molar-refractivity contribution in [1.82, 2.24) is 9.78 Å². The minimum Gasteiger partial charge on any atom is -0.387 e. The predicted octanol–water partition coefficient (Wildman–Crippen LogP) is 1.43. The van der Waals surface area contributed by atoms with E-state index in [0.29, 0.717) is 18.5 Å². The number of aliphatic hydroxyl groups is 1. The maximum Gasteiger partial charge on any atom is 0.147 e. The van der Waals surface area contributed by atoms with Crippen molar-refractivity contribution >= 4 is 20.7 Å². The fraction of sp³-hybridized carbons (Fsp3) is 0.462. The van der Waals surface area contributed by atoms with E-state index >= 15 is 0 Å². The van der Waals surface area contributed by atoms with E-state index in [2.05, 4.69) is 5.10 Å². The Labute approximate surface area is 112 Å². The summed E-state index contributed by atoms with van der Waals surface area (Å²) in [7, 11) is -1.15. The van der Waals surface area contributed by atoms with Crippen LogP contribution < -0.4 is 0 Å². The van der Waals surface area contributed by atoms with Gasteiger partial charge in [-0.25, -0.2) is 8.42 Å². The van der Waals surface area contributed by atoms with Crippen molar-refractivity contribution in [3.63, 3.8) is 0 Å². The smallest absolute Gasteiger partial charge is 0.147 e. The molecule has 0 fully saturated rings. The Morgan fingerprint density at radius 1 is 1.37 bits per heavy atom. The molecule has 1 aromatic carbocycles. The van der Waals surface area contributed by atoms with Crippen molar-refractivity contribution < 1.29 is 13.5 Å². The van der Waals surface area contributed by atoms with Crippen LogP contribution in [0, 0.1) is 0 Å². The van der Waals surface area contributed by atoms with E-state index < -0.39 is 15.9 Å². The van der Waals surface area contributed by atoms with E-state index in [0.717, 1.165) is 10.9 Å². The molecule has 0 aliphatic rings. The molecule has 2 aromatic rings. The van der Waals surface area contributed by atoms with E-state index in [9.17, 15) is 13.5 Å². The van der Waals surface area contributed by atoms with E-state index in [1.807, 2.05) is 31.3 Å². The molecule has 0 saturated heterocycles. The Morgan fingerprint density at radius 3 is 2.74 bits per heavy atom. The zero-order valence-corrected chi connectivity index (χ0v) is 11.9. The number of benzene rings is 1. The number of hydrogen-bond acceptors (Lipinski definition) is 4. The van der Waals surface area contributed by atoms with Gasteiger partial charge in [0.2, 0.25) is 0 Å². The summed E-state index contributed by atoms with van der Waals surface area (Å²) in [6.07, 6.45) is 1.31. The Balaban J connectivity index is 2.15. The molecule has 0 aliphatic carbocycles. The third kappa shape index (κ3) is 3.33. The van der Waals surface area contributed by atoms with Crippen LogP contribution in [0.15, 0.2) is 24.3 Å². The van der Waals surface area contributed by atoms with Crippen molar-refractivity contribution in [2.75, 3.05) is 12.0 Å². The Morgan fingerprint density at radius 2 is 2.05 bits per heavy atom. The topological polar surface area (TPSA) is 72.2 Å². The number of sulfone groups is 1. The third-order valence-corrected chi connectivity index (χ3v) is 4.12. The second kappa shape index (κ2) is 5.30. The van der Waals surface area contributed by atoms with Gasteiger partial charge >= 0.3 is 0 Å². The molecule has 2 rings (SSSR count). The largest absolute Gasteiger partial charge is 0.387 e. The average Bonchev–Trinajstić information content (AvgIpc) is 2.66. The normalized spacial score (nSPS) is 13.8. The standard InChI is InChI=1S/C13H18N2O3S/c1-15-11-7-4-3-6-10(11)13(14-15)12(16)8-5-9-19(2,17)18/h3-4,6-7,12,16H,5,8-9H2,1-2H3. The number of aryl methyl sites for hydroxylation is 1. The second-order valence-electron chi connectivity index (χ2n) is 4.81. The first kappa shape index (κ1) is 14.0. The van der Waals surface area contributed by atoms with E-state index in [1.165, 1.54) is 6.26 Å². The van der Waals surface area contributed by atoms with Crippen LogP contribution >= 0.6 is 0 Å². The van der Waals surface area contributed by atoms with Crippen molar-refractivity contribution in [3.8, 4) is 0 Å². The van der Waals surface area contributed by atoms with Gasteiger partial charge in [-0.05, 0) is 18.9 Å². The first-order chi connectivity index (χ1) is 8.88. The van der Waals surface area contributed by atoms with Gasteiger partial charge in [0.1, 0.15) is 9.84 Å². The van der Waals surface area contributed by atoms with Crippen LogP contribution in [0.1, 0.15) is 24.6 Å². The molecule has 5 nitrogen and oxygen atoms in total. The highest BCUT2D eigenvalue weighted by atomic mass is 32.2. The first-order valence-electron chi connectivity index (χ1n) is 6.16. The summed E-state index contributed by atoms with van der Waals surface area (Å²) in [5.74, 6) is 0.0921. The maximum atomic E-state index is 11.1. The molecule has 0 radical (unpaired) electrons. The molecule has 1 atom stereocenters. The van der Waals surface area contributed by atoms with Crippen molar-refractivity contribution in [3.05, 3.63) is 30.0 Å². The summed E-state index contributed by atoms with van der Waals surface area (Å²) >= 11 is 0. The number of aliphatic hydroxyl groups excluding tert-OH is 1. The highest BCUT2D eigenvalue weighted by molar-refractivity contribution is 7.90. The predicted molar refractivity (Wildman–Crippen MR) is 74.6 cm³/mol. The highest BCUT2D eigenvalue weighted by Crippen LogP contribution is 2.25. The molecule has 0 saturated carbocycles. The number of rotatable bonds is 5. The Hall–Kier alpha value is -1.40. The Bertz CT molecular complexity index is 676. The van der Waals surface area contributed by atoms with E-state index in [-0.39, 0.29) is 5.75 Å². The van der Waals surface area contributed by atoms with Gasteiger partial charge in [-0.3, -0.25) is 4.68 Å². The number of aromatic nitrogens is 2. The summed E-state index contributed by atoms with van der Waals surface area (Å²) in [5, 5.41) is 15.4. The summed E-state index contributed by atoms with van der Waals surface area (Å²) in [5.41, 5.74) is 1.58. The number of hydrogen-bond donors (Lipinski definition) is 1. The van der Waals surface area contributed by atoms with Crippen molar-refractivity contribution in [2.45, 2.75) is 18.9 Å². The van der Waals surface area contributed by atoms with Gasteiger partial charge in [-0.2, -0.15) is 5.10 Å². The van der Waals surface area contributed by atoms with Gasteiger partial charge in [-0.15, -0.1) is 0 Å². The first-order valence-corrected chi connectivity index (χ1v) is 8.22. The monoisotopic (exact) mass is 282 g/mol. The molecule has 1 N–H and O–H groups in total. The summed E-state index contributed by atoms with van der Waals surface area (Å²) in [4.78, 5) is 0. The molecule has 1 heterocycles. The molecule has 0 amide bonds. The summed E-state index contributed by atoms with van der Waals surface area (Å²) in [6, 6.07) is 7.67. The number of nitrogens with zero attached hydrogens (tertiary/aromatic N) is 2. The van der Waals surface area contributed by atoms with Crippen LogP contribution in [-0.2, 0) is 16.9 Å². The van der Waals surface area contributed by atoms with Crippen LogP contribution in [0.5, 0.6) is 0 Å². The summed E-state index contributed by atoms with van der Waals surface area (Å²) in [6.45, 7) is 0. The van der Waals surface area contributed by atoms with E-state index in [1.54, 1.807) is 4.68 Å². The number of fused-ring (bicyclic) bond motifs is 1. The lowest BCUT2D eigenvalue weighted by Crippen LogP contribution is -2.06.